The molecule has 8 heteroatoms. The molecule has 0 saturated carbocycles. The largest absolute Gasteiger partial charge is 0.434 e. The van der Waals surface area contributed by atoms with E-state index >= 15 is 0 Å². The van der Waals surface area contributed by atoms with Gasteiger partial charge in [0.05, 0.1) is 9.88 Å². The van der Waals surface area contributed by atoms with Gasteiger partial charge in [0.15, 0.2) is 5.69 Å². The van der Waals surface area contributed by atoms with E-state index in [4.69, 9.17) is 5.73 Å². The summed E-state index contributed by atoms with van der Waals surface area (Å²) in [7, 11) is 0. The molecule has 0 unspecified atom stereocenters. The fourth-order valence-electron chi connectivity index (χ4n) is 2.39. The van der Waals surface area contributed by atoms with E-state index in [1.54, 1.807) is 6.92 Å². The Morgan fingerprint density at radius 1 is 1.17 bits per heavy atom. The van der Waals surface area contributed by atoms with Gasteiger partial charge >= 0.3 is 6.18 Å². The van der Waals surface area contributed by atoms with Crippen LogP contribution in [-0.4, -0.2) is 29.5 Å². The molecule has 3 nitrogen and oxygen atoms in total. The van der Waals surface area contributed by atoms with Gasteiger partial charge < -0.3 is 5.73 Å². The zero-order valence-electron chi connectivity index (χ0n) is 13.3. The van der Waals surface area contributed by atoms with Crippen LogP contribution in [0.3, 0.4) is 0 Å². The Kier molecular flexibility index (Phi) is 8.15. The van der Waals surface area contributed by atoms with Crippen molar-refractivity contribution in [2.75, 3.05) is 19.6 Å². The minimum atomic E-state index is -4.41. The predicted molar refractivity (Wildman–Crippen MR) is 93.6 cm³/mol. The summed E-state index contributed by atoms with van der Waals surface area (Å²) in [4.78, 5) is 5.86. The van der Waals surface area contributed by atoms with Gasteiger partial charge in [0, 0.05) is 26.2 Å². The molecule has 0 bridgehead atoms. The van der Waals surface area contributed by atoms with Crippen LogP contribution in [0.1, 0.15) is 21.1 Å². The highest BCUT2D eigenvalue weighted by molar-refractivity contribution is 7.11. The maximum absolute atomic E-state index is 13.0. The van der Waals surface area contributed by atoms with Gasteiger partial charge in [-0.25, -0.2) is 4.98 Å². The van der Waals surface area contributed by atoms with Gasteiger partial charge in [0.2, 0.25) is 0 Å². The van der Waals surface area contributed by atoms with E-state index in [2.05, 4.69) is 4.98 Å². The molecule has 0 amide bonds. The summed E-state index contributed by atoms with van der Waals surface area (Å²) in [6.07, 6.45) is -3.63. The van der Waals surface area contributed by atoms with Gasteiger partial charge in [0.25, 0.3) is 0 Å². The van der Waals surface area contributed by atoms with Crippen molar-refractivity contribution in [2.24, 2.45) is 5.73 Å². The fourth-order valence-corrected chi connectivity index (χ4v) is 3.38. The molecule has 2 rings (SSSR count). The molecular weight excluding hydrogens is 359 g/mol. The van der Waals surface area contributed by atoms with Gasteiger partial charge in [-0.1, -0.05) is 30.3 Å². The Morgan fingerprint density at radius 3 is 2.42 bits per heavy atom. The number of halogens is 4. The van der Waals surface area contributed by atoms with Crippen LogP contribution >= 0.6 is 23.7 Å². The zero-order chi connectivity index (χ0) is 16.9. The minimum absolute atomic E-state index is 0. The van der Waals surface area contributed by atoms with E-state index in [1.807, 2.05) is 35.2 Å². The maximum Gasteiger partial charge on any atom is 0.434 e. The van der Waals surface area contributed by atoms with Crippen molar-refractivity contribution in [1.29, 1.82) is 0 Å². The number of thiazole rings is 1. The Morgan fingerprint density at radius 2 is 1.83 bits per heavy atom. The standard InChI is InChI=1S/C16H20F3N3S.ClH/c1-12-21-15(16(17,18)19)14(23-12)11-22(10-8-20)9-7-13-5-3-2-4-6-13;/h2-6H,7-11,20H2,1H3;1H. The molecule has 2 N–H and O–H groups in total. The summed E-state index contributed by atoms with van der Waals surface area (Å²) >= 11 is 1.10. The van der Waals surface area contributed by atoms with E-state index in [1.165, 1.54) is 0 Å². The Hall–Kier alpha value is -1.15. The lowest BCUT2D eigenvalue weighted by atomic mass is 10.1. The average molecular weight is 380 g/mol. The average Bonchev–Trinajstić information content (AvgIpc) is 2.87. The number of rotatable bonds is 7. The van der Waals surface area contributed by atoms with Gasteiger partial charge in [-0.15, -0.1) is 23.7 Å². The molecule has 1 heterocycles. The first kappa shape index (κ1) is 20.9. The smallest absolute Gasteiger partial charge is 0.329 e. The number of aryl methyl sites for hydroxylation is 1. The minimum Gasteiger partial charge on any atom is -0.329 e. The third kappa shape index (κ3) is 6.05. The van der Waals surface area contributed by atoms with E-state index in [0.29, 0.717) is 24.6 Å². The number of hydrogen-bond donors (Lipinski definition) is 1. The molecule has 1 aromatic heterocycles. The molecule has 134 valence electrons. The lowest BCUT2D eigenvalue weighted by Crippen LogP contribution is -2.31. The molecule has 0 fully saturated rings. The molecule has 0 aliphatic rings. The van der Waals surface area contributed by atoms with Crippen LogP contribution in [0.15, 0.2) is 30.3 Å². The second-order valence-corrected chi connectivity index (χ2v) is 6.59. The fraction of sp³-hybridized carbons (Fsp3) is 0.438. The quantitative estimate of drug-likeness (QED) is 0.793. The summed E-state index contributed by atoms with van der Waals surface area (Å²) in [6, 6.07) is 9.88. The van der Waals surface area contributed by atoms with E-state index in [0.717, 1.165) is 23.3 Å². The first-order valence-electron chi connectivity index (χ1n) is 7.40. The summed E-state index contributed by atoms with van der Waals surface area (Å²) in [5.41, 5.74) is 6.00. The summed E-state index contributed by atoms with van der Waals surface area (Å²) in [5, 5.41) is 0.433. The molecule has 0 radical (unpaired) electrons. The molecule has 0 aliphatic heterocycles. The second kappa shape index (κ2) is 9.36. The van der Waals surface area contributed by atoms with Crippen molar-refractivity contribution in [3.63, 3.8) is 0 Å². The highest BCUT2D eigenvalue weighted by Gasteiger charge is 2.37. The van der Waals surface area contributed by atoms with Crippen LogP contribution in [-0.2, 0) is 19.1 Å². The molecule has 0 aliphatic carbocycles. The Balaban J connectivity index is 0.00000288. The van der Waals surface area contributed by atoms with Crippen molar-refractivity contribution in [3.05, 3.63) is 51.5 Å². The van der Waals surface area contributed by atoms with Crippen molar-refractivity contribution in [3.8, 4) is 0 Å². The van der Waals surface area contributed by atoms with Gasteiger partial charge in [-0.3, -0.25) is 4.90 Å². The van der Waals surface area contributed by atoms with Gasteiger partial charge in [-0.2, -0.15) is 13.2 Å². The van der Waals surface area contributed by atoms with Crippen molar-refractivity contribution < 1.29 is 13.2 Å². The van der Waals surface area contributed by atoms with Crippen molar-refractivity contribution >= 4 is 23.7 Å². The number of nitrogens with two attached hydrogens (primary N) is 1. The van der Waals surface area contributed by atoms with Crippen LogP contribution in [0.2, 0.25) is 0 Å². The van der Waals surface area contributed by atoms with E-state index in [9.17, 15) is 13.2 Å². The monoisotopic (exact) mass is 379 g/mol. The number of aromatic nitrogens is 1. The van der Waals surface area contributed by atoms with Crippen LogP contribution < -0.4 is 5.73 Å². The van der Waals surface area contributed by atoms with E-state index in [-0.39, 0.29) is 23.8 Å². The lowest BCUT2D eigenvalue weighted by molar-refractivity contribution is -0.141. The predicted octanol–water partition coefficient (Wildman–Crippen LogP) is 3.90. The van der Waals surface area contributed by atoms with Gasteiger partial charge in [0.1, 0.15) is 0 Å². The van der Waals surface area contributed by atoms with Gasteiger partial charge in [-0.05, 0) is 18.9 Å². The molecule has 0 saturated heterocycles. The topological polar surface area (TPSA) is 42.2 Å². The first-order chi connectivity index (χ1) is 10.9. The molecule has 1 aromatic carbocycles. The number of hydrogen-bond acceptors (Lipinski definition) is 4. The Bertz CT molecular complexity index is 617. The number of alkyl halides is 3. The maximum atomic E-state index is 13.0. The Labute approximate surface area is 150 Å². The number of benzene rings is 1. The molecule has 0 spiro atoms. The third-order valence-electron chi connectivity index (χ3n) is 3.44. The van der Waals surface area contributed by atoms with Crippen LogP contribution in [0.4, 0.5) is 13.2 Å². The van der Waals surface area contributed by atoms with Crippen LogP contribution in [0.25, 0.3) is 0 Å². The molecule has 0 atom stereocenters. The highest BCUT2D eigenvalue weighted by Crippen LogP contribution is 2.34. The summed E-state index contributed by atoms with van der Waals surface area (Å²) < 4.78 is 39.1. The SMILES string of the molecule is Cc1nc(C(F)(F)F)c(CN(CCN)CCc2ccccc2)s1.Cl. The third-order valence-corrected chi connectivity index (χ3v) is 4.40. The summed E-state index contributed by atoms with van der Waals surface area (Å²) in [5.74, 6) is 0. The molecular formula is C16H21ClF3N3S. The first-order valence-corrected chi connectivity index (χ1v) is 8.21. The van der Waals surface area contributed by atoms with Crippen molar-refractivity contribution in [1.82, 2.24) is 9.88 Å². The second-order valence-electron chi connectivity index (χ2n) is 5.30. The molecule has 24 heavy (non-hydrogen) atoms. The normalized spacial score (nSPS) is 11.6. The lowest BCUT2D eigenvalue weighted by Gasteiger charge is -2.21. The van der Waals surface area contributed by atoms with Crippen molar-refractivity contribution in [2.45, 2.75) is 26.1 Å². The van der Waals surface area contributed by atoms with Crippen LogP contribution in [0.5, 0.6) is 0 Å². The van der Waals surface area contributed by atoms with E-state index < -0.39 is 11.9 Å². The van der Waals surface area contributed by atoms with Crippen LogP contribution in [0, 0.1) is 6.92 Å². The zero-order valence-corrected chi connectivity index (χ0v) is 15.0. The highest BCUT2D eigenvalue weighted by atomic mass is 35.5. The summed E-state index contributed by atoms with van der Waals surface area (Å²) in [6.45, 7) is 3.45. The molecule has 2 aromatic rings. The number of nitrogens with zero attached hydrogens (tertiary/aromatic N) is 2.